The third kappa shape index (κ3) is 2.54. The molecule has 0 aliphatic heterocycles. The summed E-state index contributed by atoms with van der Waals surface area (Å²) in [6, 6.07) is 13.2. The van der Waals surface area contributed by atoms with Gasteiger partial charge in [-0.05, 0) is 24.6 Å². The number of hydrogen-bond donors (Lipinski definition) is 0. The van der Waals surface area contributed by atoms with E-state index in [1.165, 1.54) is 12.7 Å². The number of aryl methyl sites for hydroxylation is 1. The van der Waals surface area contributed by atoms with Crippen molar-refractivity contribution in [3.05, 3.63) is 58.6 Å². The Morgan fingerprint density at radius 2 is 1.94 bits per heavy atom. The van der Waals surface area contributed by atoms with Gasteiger partial charge in [0, 0.05) is 10.6 Å². The summed E-state index contributed by atoms with van der Waals surface area (Å²) in [5.74, 6) is -0.382. The molecule has 2 rings (SSSR count). The van der Waals surface area contributed by atoms with Gasteiger partial charge in [0.05, 0.1) is 12.7 Å². The third-order valence-corrected chi connectivity index (χ3v) is 3.03. The minimum absolute atomic E-state index is 0.382. The quantitative estimate of drug-likeness (QED) is 0.760. The number of hydrogen-bond acceptors (Lipinski definition) is 2. The highest BCUT2D eigenvalue weighted by Gasteiger charge is 2.09. The van der Waals surface area contributed by atoms with Gasteiger partial charge in [-0.1, -0.05) is 47.5 Å². The monoisotopic (exact) mass is 260 g/mol. The Balaban J connectivity index is 2.45. The number of ether oxygens (including phenoxy) is 1. The van der Waals surface area contributed by atoms with Crippen LogP contribution >= 0.6 is 11.6 Å². The zero-order chi connectivity index (χ0) is 13.1. The Bertz CT molecular complexity index is 591. The average Bonchev–Trinajstić information content (AvgIpc) is 2.37. The molecule has 0 saturated heterocycles. The van der Waals surface area contributed by atoms with E-state index in [2.05, 4.69) is 10.8 Å². The van der Waals surface area contributed by atoms with E-state index in [0.29, 0.717) is 10.6 Å². The number of carbonyl (C=O) groups is 1. The van der Waals surface area contributed by atoms with Crippen LogP contribution in [-0.4, -0.2) is 13.1 Å². The van der Waals surface area contributed by atoms with Crippen LogP contribution in [0.1, 0.15) is 15.9 Å². The van der Waals surface area contributed by atoms with Gasteiger partial charge in [0.25, 0.3) is 0 Å². The molecule has 0 unspecified atom stereocenters. The van der Waals surface area contributed by atoms with Gasteiger partial charge in [-0.25, -0.2) is 4.79 Å². The lowest BCUT2D eigenvalue weighted by atomic mass is 10.0. The van der Waals surface area contributed by atoms with Gasteiger partial charge < -0.3 is 4.74 Å². The second-order valence-corrected chi connectivity index (χ2v) is 4.46. The number of esters is 1. The second-order valence-electron chi connectivity index (χ2n) is 4.06. The molecule has 18 heavy (non-hydrogen) atoms. The normalized spacial score (nSPS) is 10.2. The fraction of sp³-hybridized carbons (Fsp3) is 0.133. The first-order chi connectivity index (χ1) is 8.61. The summed E-state index contributed by atoms with van der Waals surface area (Å²) in [7, 11) is 1.35. The van der Waals surface area contributed by atoms with Crippen molar-refractivity contribution >= 4 is 17.6 Å². The van der Waals surface area contributed by atoms with Crippen LogP contribution < -0.4 is 0 Å². The molecule has 0 aromatic heterocycles. The Morgan fingerprint density at radius 3 is 2.56 bits per heavy atom. The Morgan fingerprint density at radius 1 is 1.17 bits per heavy atom. The molecule has 0 spiro atoms. The van der Waals surface area contributed by atoms with Gasteiger partial charge in [0.15, 0.2) is 0 Å². The maximum atomic E-state index is 11.4. The van der Waals surface area contributed by atoms with Gasteiger partial charge in [0.2, 0.25) is 0 Å². The predicted octanol–water partition coefficient (Wildman–Crippen LogP) is 4.10. The number of halogens is 1. The van der Waals surface area contributed by atoms with Crippen molar-refractivity contribution in [3.63, 3.8) is 0 Å². The maximum absolute atomic E-state index is 11.4. The smallest absolute Gasteiger partial charge is 0.337 e. The summed E-state index contributed by atoms with van der Waals surface area (Å²) in [6.45, 7) is 2.03. The zero-order valence-corrected chi connectivity index (χ0v) is 11.0. The highest BCUT2D eigenvalue weighted by atomic mass is 35.5. The third-order valence-electron chi connectivity index (χ3n) is 2.72. The van der Waals surface area contributed by atoms with Gasteiger partial charge in [-0.15, -0.1) is 0 Å². The lowest BCUT2D eigenvalue weighted by Crippen LogP contribution is -2.00. The van der Waals surface area contributed by atoms with Crippen LogP contribution in [0.25, 0.3) is 11.1 Å². The molecule has 0 radical (unpaired) electrons. The molecule has 0 aliphatic carbocycles. The molecule has 0 aliphatic rings. The SMILES string of the molecule is COC(=O)c1ccc(-c2cccc(C)c2)c(Cl)c1. The van der Waals surface area contributed by atoms with Gasteiger partial charge in [-0.3, -0.25) is 0 Å². The first kappa shape index (κ1) is 12.7. The fourth-order valence-electron chi connectivity index (χ4n) is 1.81. The van der Waals surface area contributed by atoms with Crippen molar-refractivity contribution in [1.29, 1.82) is 0 Å². The molecule has 0 N–H and O–H groups in total. The van der Waals surface area contributed by atoms with Crippen LogP contribution in [-0.2, 0) is 4.74 Å². The van der Waals surface area contributed by atoms with E-state index in [-0.39, 0.29) is 5.97 Å². The Kier molecular flexibility index (Phi) is 3.68. The summed E-state index contributed by atoms with van der Waals surface area (Å²) < 4.78 is 4.66. The van der Waals surface area contributed by atoms with E-state index in [9.17, 15) is 4.79 Å². The molecular formula is C15H13ClO2. The van der Waals surface area contributed by atoms with E-state index < -0.39 is 0 Å². The van der Waals surface area contributed by atoms with E-state index in [0.717, 1.165) is 11.1 Å². The van der Waals surface area contributed by atoms with Crippen molar-refractivity contribution < 1.29 is 9.53 Å². The molecule has 0 saturated carbocycles. The van der Waals surface area contributed by atoms with Crippen molar-refractivity contribution in [3.8, 4) is 11.1 Å². The van der Waals surface area contributed by atoms with Gasteiger partial charge in [-0.2, -0.15) is 0 Å². The highest BCUT2D eigenvalue weighted by Crippen LogP contribution is 2.29. The molecule has 2 aromatic rings. The average molecular weight is 261 g/mol. The molecule has 0 fully saturated rings. The van der Waals surface area contributed by atoms with Crippen molar-refractivity contribution in [2.24, 2.45) is 0 Å². The number of methoxy groups -OCH3 is 1. The van der Waals surface area contributed by atoms with Crippen molar-refractivity contribution in [1.82, 2.24) is 0 Å². The van der Waals surface area contributed by atoms with Crippen molar-refractivity contribution in [2.75, 3.05) is 7.11 Å². The van der Waals surface area contributed by atoms with Crippen LogP contribution in [0.2, 0.25) is 5.02 Å². The molecule has 92 valence electrons. The molecule has 2 nitrogen and oxygen atoms in total. The van der Waals surface area contributed by atoms with Gasteiger partial charge >= 0.3 is 5.97 Å². The second kappa shape index (κ2) is 5.23. The number of benzene rings is 2. The van der Waals surface area contributed by atoms with Crippen LogP contribution in [0.4, 0.5) is 0 Å². The standard InChI is InChI=1S/C15H13ClO2/c1-10-4-3-5-11(8-10)13-7-6-12(9-14(13)16)15(17)18-2/h3-9H,1-2H3. The lowest BCUT2D eigenvalue weighted by Gasteiger charge is -2.07. The number of carbonyl (C=O) groups excluding carboxylic acids is 1. The van der Waals surface area contributed by atoms with Crippen LogP contribution in [0, 0.1) is 6.92 Å². The summed E-state index contributed by atoms with van der Waals surface area (Å²) in [5, 5.41) is 0.545. The summed E-state index contributed by atoms with van der Waals surface area (Å²) in [4.78, 5) is 11.4. The van der Waals surface area contributed by atoms with E-state index in [1.807, 2.05) is 31.2 Å². The molecule has 3 heteroatoms. The maximum Gasteiger partial charge on any atom is 0.337 e. The Labute approximate surface area is 111 Å². The van der Waals surface area contributed by atoms with E-state index in [1.54, 1.807) is 12.1 Å². The number of rotatable bonds is 2. The summed E-state index contributed by atoms with van der Waals surface area (Å²) >= 11 is 6.21. The molecule has 2 aromatic carbocycles. The fourth-order valence-corrected chi connectivity index (χ4v) is 2.10. The summed E-state index contributed by atoms with van der Waals surface area (Å²) in [5.41, 5.74) is 3.57. The van der Waals surface area contributed by atoms with E-state index >= 15 is 0 Å². The molecule has 0 atom stereocenters. The molecule has 0 bridgehead atoms. The molecular weight excluding hydrogens is 248 g/mol. The van der Waals surface area contributed by atoms with Crippen molar-refractivity contribution in [2.45, 2.75) is 6.92 Å². The minimum Gasteiger partial charge on any atom is -0.465 e. The predicted molar refractivity (Wildman–Crippen MR) is 73.0 cm³/mol. The summed E-state index contributed by atoms with van der Waals surface area (Å²) in [6.07, 6.45) is 0. The molecule has 0 heterocycles. The van der Waals surface area contributed by atoms with Crippen LogP contribution in [0.3, 0.4) is 0 Å². The minimum atomic E-state index is -0.382. The largest absolute Gasteiger partial charge is 0.465 e. The van der Waals surface area contributed by atoms with Crippen LogP contribution in [0.15, 0.2) is 42.5 Å². The first-order valence-electron chi connectivity index (χ1n) is 5.56. The Hall–Kier alpha value is -1.80. The highest BCUT2D eigenvalue weighted by molar-refractivity contribution is 6.33. The first-order valence-corrected chi connectivity index (χ1v) is 5.94. The lowest BCUT2D eigenvalue weighted by molar-refractivity contribution is 0.0601. The molecule has 0 amide bonds. The van der Waals surface area contributed by atoms with Gasteiger partial charge in [0.1, 0.15) is 0 Å². The van der Waals surface area contributed by atoms with E-state index in [4.69, 9.17) is 11.6 Å². The zero-order valence-electron chi connectivity index (χ0n) is 10.2. The topological polar surface area (TPSA) is 26.3 Å². The van der Waals surface area contributed by atoms with Crippen LogP contribution in [0.5, 0.6) is 0 Å².